The number of thiazole rings is 1. The molecule has 0 aliphatic rings. The Morgan fingerprint density at radius 1 is 1.56 bits per heavy atom. The van der Waals surface area contributed by atoms with Crippen LogP contribution in [0.1, 0.15) is 6.42 Å². The maximum atomic E-state index is 11.5. The Hall–Kier alpha value is -1.17. The highest BCUT2D eigenvalue weighted by Crippen LogP contribution is 2.32. The van der Waals surface area contributed by atoms with E-state index in [4.69, 9.17) is 17.3 Å². The zero-order chi connectivity index (χ0) is 11.5. The number of amides is 1. The lowest BCUT2D eigenvalue weighted by atomic mass is 10.2. The van der Waals surface area contributed by atoms with E-state index in [2.05, 4.69) is 10.3 Å². The van der Waals surface area contributed by atoms with Crippen LogP contribution in [0.25, 0.3) is 10.2 Å². The van der Waals surface area contributed by atoms with E-state index in [9.17, 15) is 4.79 Å². The Morgan fingerprint density at radius 2 is 2.38 bits per heavy atom. The Balaban J connectivity index is 2.38. The molecule has 84 valence electrons. The van der Waals surface area contributed by atoms with Crippen molar-refractivity contribution in [3.63, 3.8) is 0 Å². The number of nitrogens with zero attached hydrogens (tertiary/aromatic N) is 1. The second kappa shape index (κ2) is 4.78. The number of nitrogens with two attached hydrogens (primary N) is 1. The zero-order valence-electron chi connectivity index (χ0n) is 8.37. The van der Waals surface area contributed by atoms with Crippen LogP contribution >= 0.6 is 22.9 Å². The summed E-state index contributed by atoms with van der Waals surface area (Å²) in [5, 5.41) is 3.22. The summed E-state index contributed by atoms with van der Waals surface area (Å²) in [6, 6.07) is 3.63. The maximum absolute atomic E-state index is 11.5. The number of halogens is 1. The molecular weight excluding hydrogens is 246 g/mol. The first-order valence-electron chi connectivity index (χ1n) is 4.74. The van der Waals surface area contributed by atoms with E-state index in [0.717, 1.165) is 10.2 Å². The first-order valence-corrected chi connectivity index (χ1v) is 5.99. The summed E-state index contributed by atoms with van der Waals surface area (Å²) < 4.78 is 0.993. The average molecular weight is 256 g/mol. The minimum Gasteiger partial charge on any atom is -0.330 e. The van der Waals surface area contributed by atoms with Crippen molar-refractivity contribution in [1.82, 2.24) is 4.98 Å². The number of hydrogen-bond donors (Lipinski definition) is 2. The van der Waals surface area contributed by atoms with E-state index in [1.807, 2.05) is 6.07 Å². The van der Waals surface area contributed by atoms with Crippen molar-refractivity contribution in [1.29, 1.82) is 0 Å². The van der Waals surface area contributed by atoms with E-state index >= 15 is 0 Å². The standard InChI is InChI=1S/C10H10ClN3OS/c11-6-1-2-7-10(13-5-16-7)9(6)14-8(15)3-4-12/h1-2,5H,3-4,12H2,(H,14,15). The summed E-state index contributed by atoms with van der Waals surface area (Å²) in [5.41, 5.74) is 8.32. The molecular formula is C10H10ClN3OS. The molecule has 0 bridgehead atoms. The van der Waals surface area contributed by atoms with Gasteiger partial charge in [-0.1, -0.05) is 11.6 Å². The SMILES string of the molecule is NCCC(=O)Nc1c(Cl)ccc2scnc12. The second-order valence-corrected chi connectivity index (χ2v) is 4.50. The van der Waals surface area contributed by atoms with Crippen LogP contribution in [-0.2, 0) is 4.79 Å². The molecule has 0 unspecified atom stereocenters. The first-order chi connectivity index (χ1) is 7.72. The monoisotopic (exact) mass is 255 g/mol. The van der Waals surface area contributed by atoms with Crippen LogP contribution in [0, 0.1) is 0 Å². The van der Waals surface area contributed by atoms with Crippen LogP contribution in [0.4, 0.5) is 5.69 Å². The number of fused-ring (bicyclic) bond motifs is 1. The van der Waals surface area contributed by atoms with Crippen LogP contribution in [0.15, 0.2) is 17.6 Å². The van der Waals surface area contributed by atoms with Crippen LogP contribution in [0.2, 0.25) is 5.02 Å². The van der Waals surface area contributed by atoms with Gasteiger partial charge in [-0.2, -0.15) is 0 Å². The van der Waals surface area contributed by atoms with Gasteiger partial charge in [-0.15, -0.1) is 11.3 Å². The van der Waals surface area contributed by atoms with Gasteiger partial charge in [0.1, 0.15) is 5.52 Å². The van der Waals surface area contributed by atoms with Gasteiger partial charge in [-0.05, 0) is 12.1 Å². The molecule has 2 rings (SSSR count). The fourth-order valence-electron chi connectivity index (χ4n) is 1.36. The average Bonchev–Trinajstić information content (AvgIpc) is 2.71. The molecule has 4 nitrogen and oxygen atoms in total. The molecule has 16 heavy (non-hydrogen) atoms. The fourth-order valence-corrected chi connectivity index (χ4v) is 2.24. The molecule has 3 N–H and O–H groups in total. The van der Waals surface area contributed by atoms with E-state index in [1.165, 1.54) is 11.3 Å². The minimum absolute atomic E-state index is 0.148. The van der Waals surface area contributed by atoms with Crippen molar-refractivity contribution < 1.29 is 4.79 Å². The van der Waals surface area contributed by atoms with Gasteiger partial charge in [-0.25, -0.2) is 4.98 Å². The van der Waals surface area contributed by atoms with Gasteiger partial charge < -0.3 is 11.1 Å². The maximum Gasteiger partial charge on any atom is 0.225 e. The highest BCUT2D eigenvalue weighted by molar-refractivity contribution is 7.16. The van der Waals surface area contributed by atoms with E-state index in [0.29, 0.717) is 17.3 Å². The first kappa shape index (κ1) is 11.3. The third-order valence-electron chi connectivity index (χ3n) is 2.09. The summed E-state index contributed by atoms with van der Waals surface area (Å²) in [5.74, 6) is -0.148. The summed E-state index contributed by atoms with van der Waals surface area (Å²) in [4.78, 5) is 15.6. The normalized spacial score (nSPS) is 10.6. The van der Waals surface area contributed by atoms with Gasteiger partial charge in [0, 0.05) is 13.0 Å². The number of anilines is 1. The van der Waals surface area contributed by atoms with Crippen LogP contribution in [0.5, 0.6) is 0 Å². The molecule has 2 aromatic rings. The van der Waals surface area contributed by atoms with Crippen LogP contribution in [-0.4, -0.2) is 17.4 Å². The van der Waals surface area contributed by atoms with E-state index < -0.39 is 0 Å². The summed E-state index contributed by atoms with van der Waals surface area (Å²) in [7, 11) is 0. The largest absolute Gasteiger partial charge is 0.330 e. The topological polar surface area (TPSA) is 68.0 Å². The van der Waals surface area contributed by atoms with Crippen molar-refractivity contribution in [2.24, 2.45) is 5.73 Å². The Labute approximate surface area is 101 Å². The third-order valence-corrected chi connectivity index (χ3v) is 3.20. The predicted molar refractivity (Wildman–Crippen MR) is 66.9 cm³/mol. The number of carbonyl (C=O) groups is 1. The van der Waals surface area contributed by atoms with Gasteiger partial charge in [0.15, 0.2) is 0 Å². The van der Waals surface area contributed by atoms with Gasteiger partial charge in [0.05, 0.1) is 20.9 Å². The Kier molecular flexibility index (Phi) is 3.38. The molecule has 0 saturated heterocycles. The predicted octanol–water partition coefficient (Wildman–Crippen LogP) is 2.24. The molecule has 0 aliphatic heterocycles. The van der Waals surface area contributed by atoms with Crippen molar-refractivity contribution in [3.05, 3.63) is 22.7 Å². The molecule has 0 atom stereocenters. The van der Waals surface area contributed by atoms with Gasteiger partial charge in [0.25, 0.3) is 0 Å². The number of rotatable bonds is 3. The molecule has 0 spiro atoms. The van der Waals surface area contributed by atoms with E-state index in [1.54, 1.807) is 11.6 Å². The third kappa shape index (κ3) is 2.16. The molecule has 0 saturated carbocycles. The van der Waals surface area contributed by atoms with E-state index in [-0.39, 0.29) is 12.3 Å². The lowest BCUT2D eigenvalue weighted by Gasteiger charge is -2.07. The van der Waals surface area contributed by atoms with Crippen LogP contribution < -0.4 is 11.1 Å². The smallest absolute Gasteiger partial charge is 0.225 e. The van der Waals surface area contributed by atoms with Crippen molar-refractivity contribution in [2.45, 2.75) is 6.42 Å². The summed E-state index contributed by atoms with van der Waals surface area (Å²) in [6.45, 7) is 0.316. The molecule has 6 heteroatoms. The highest BCUT2D eigenvalue weighted by atomic mass is 35.5. The minimum atomic E-state index is -0.148. The Morgan fingerprint density at radius 3 is 3.12 bits per heavy atom. The lowest BCUT2D eigenvalue weighted by Crippen LogP contribution is -2.16. The van der Waals surface area contributed by atoms with Gasteiger partial charge >= 0.3 is 0 Å². The molecule has 1 heterocycles. The number of carbonyl (C=O) groups excluding carboxylic acids is 1. The molecule has 0 fully saturated rings. The second-order valence-electron chi connectivity index (χ2n) is 3.21. The van der Waals surface area contributed by atoms with Crippen molar-refractivity contribution in [3.8, 4) is 0 Å². The zero-order valence-corrected chi connectivity index (χ0v) is 9.94. The van der Waals surface area contributed by atoms with Gasteiger partial charge in [0.2, 0.25) is 5.91 Å². The lowest BCUT2D eigenvalue weighted by molar-refractivity contribution is -0.116. The number of hydrogen-bond acceptors (Lipinski definition) is 4. The van der Waals surface area contributed by atoms with Crippen LogP contribution in [0.3, 0.4) is 0 Å². The molecule has 0 radical (unpaired) electrons. The van der Waals surface area contributed by atoms with Crippen molar-refractivity contribution >= 4 is 44.7 Å². The van der Waals surface area contributed by atoms with Crippen molar-refractivity contribution in [2.75, 3.05) is 11.9 Å². The quantitative estimate of drug-likeness (QED) is 0.884. The molecule has 1 amide bonds. The highest BCUT2D eigenvalue weighted by Gasteiger charge is 2.11. The number of benzene rings is 1. The number of nitrogens with one attached hydrogen (secondary N) is 1. The summed E-state index contributed by atoms with van der Waals surface area (Å²) in [6.07, 6.45) is 0.275. The number of aromatic nitrogens is 1. The Bertz CT molecular complexity index is 526. The summed E-state index contributed by atoms with van der Waals surface area (Å²) >= 11 is 7.53. The molecule has 0 aliphatic carbocycles. The molecule has 1 aromatic heterocycles. The molecule has 1 aromatic carbocycles. The fraction of sp³-hybridized carbons (Fsp3) is 0.200. The van der Waals surface area contributed by atoms with Gasteiger partial charge in [-0.3, -0.25) is 4.79 Å².